The normalized spacial score (nSPS) is 14.0. The van der Waals surface area contributed by atoms with E-state index in [-0.39, 0.29) is 5.91 Å². The lowest BCUT2D eigenvalue weighted by atomic mass is 10.1. The molecule has 0 N–H and O–H groups in total. The molecular formula is C25H26N6OS. The molecule has 168 valence electrons. The van der Waals surface area contributed by atoms with Crippen LogP contribution in [0.1, 0.15) is 27.6 Å². The Hall–Kier alpha value is -3.52. The number of imidazole rings is 1. The van der Waals surface area contributed by atoms with E-state index < -0.39 is 0 Å². The van der Waals surface area contributed by atoms with Gasteiger partial charge in [-0.2, -0.15) is 0 Å². The van der Waals surface area contributed by atoms with Gasteiger partial charge in [-0.15, -0.1) is 11.3 Å². The predicted octanol–water partition coefficient (Wildman–Crippen LogP) is 4.28. The van der Waals surface area contributed by atoms with Crippen molar-refractivity contribution >= 4 is 23.1 Å². The number of benzene rings is 1. The second kappa shape index (κ2) is 8.78. The Kier molecular flexibility index (Phi) is 5.68. The molecule has 1 aliphatic heterocycles. The number of piperazine rings is 1. The number of anilines is 1. The zero-order valence-corrected chi connectivity index (χ0v) is 19.8. The predicted molar refractivity (Wildman–Crippen MR) is 131 cm³/mol. The van der Waals surface area contributed by atoms with E-state index in [1.54, 1.807) is 17.7 Å². The number of carbonyl (C=O) groups excluding carboxylic acids is 1. The van der Waals surface area contributed by atoms with Crippen molar-refractivity contribution in [3.63, 3.8) is 0 Å². The van der Waals surface area contributed by atoms with Crippen molar-refractivity contribution in [2.45, 2.75) is 20.8 Å². The summed E-state index contributed by atoms with van der Waals surface area (Å²) in [6, 6.07) is 14.1. The largest absolute Gasteiger partial charge is 0.353 e. The van der Waals surface area contributed by atoms with Crippen molar-refractivity contribution in [2.24, 2.45) is 0 Å². The van der Waals surface area contributed by atoms with Gasteiger partial charge in [0, 0.05) is 48.4 Å². The van der Waals surface area contributed by atoms with Crippen molar-refractivity contribution < 1.29 is 4.79 Å². The molecule has 0 spiro atoms. The first-order valence-corrected chi connectivity index (χ1v) is 11.9. The Morgan fingerprint density at radius 1 is 0.939 bits per heavy atom. The van der Waals surface area contributed by atoms with Gasteiger partial charge >= 0.3 is 0 Å². The standard InChI is InChI=1S/C25H26N6OS/c1-17-18(2)31(16-26-17)24-15-23(27-19(3)28-24)29-10-12-30(13-11-29)25(32)21-8-6-20(7-9-21)22-5-4-14-33-22/h4-9,14-16H,10-13H2,1-3H3. The highest BCUT2D eigenvalue weighted by Crippen LogP contribution is 2.25. The summed E-state index contributed by atoms with van der Waals surface area (Å²) >= 11 is 1.70. The Morgan fingerprint density at radius 2 is 1.67 bits per heavy atom. The number of hydrogen-bond acceptors (Lipinski definition) is 6. The van der Waals surface area contributed by atoms with Gasteiger partial charge in [0.15, 0.2) is 0 Å². The highest BCUT2D eigenvalue weighted by Gasteiger charge is 2.24. The fourth-order valence-electron chi connectivity index (χ4n) is 4.09. The van der Waals surface area contributed by atoms with Crippen LogP contribution in [0.3, 0.4) is 0 Å². The number of hydrogen-bond donors (Lipinski definition) is 0. The Labute approximate surface area is 197 Å². The van der Waals surface area contributed by atoms with Crippen LogP contribution in [0.2, 0.25) is 0 Å². The third-order valence-corrected chi connectivity index (χ3v) is 7.06. The molecule has 8 heteroatoms. The van der Waals surface area contributed by atoms with Gasteiger partial charge in [0.2, 0.25) is 0 Å². The van der Waals surface area contributed by atoms with Gasteiger partial charge in [-0.1, -0.05) is 18.2 Å². The zero-order valence-electron chi connectivity index (χ0n) is 19.0. The van der Waals surface area contributed by atoms with E-state index in [0.717, 1.165) is 53.1 Å². The molecule has 0 aliphatic carbocycles. The topological polar surface area (TPSA) is 67.2 Å². The van der Waals surface area contributed by atoms with E-state index in [2.05, 4.69) is 31.3 Å². The van der Waals surface area contributed by atoms with Crippen molar-refractivity contribution in [2.75, 3.05) is 31.1 Å². The minimum absolute atomic E-state index is 0.0800. The number of aromatic nitrogens is 4. The third kappa shape index (κ3) is 4.26. The number of nitrogens with zero attached hydrogens (tertiary/aromatic N) is 6. The summed E-state index contributed by atoms with van der Waals surface area (Å²) in [5.74, 6) is 2.50. The molecule has 3 aromatic heterocycles. The number of aryl methyl sites for hydroxylation is 2. The maximum atomic E-state index is 13.0. The Balaban J connectivity index is 1.27. The molecule has 0 bridgehead atoms. The second-order valence-corrected chi connectivity index (χ2v) is 9.20. The maximum absolute atomic E-state index is 13.0. The van der Waals surface area contributed by atoms with Crippen LogP contribution in [-0.4, -0.2) is 56.5 Å². The lowest BCUT2D eigenvalue weighted by Crippen LogP contribution is -2.49. The molecule has 33 heavy (non-hydrogen) atoms. The van der Waals surface area contributed by atoms with Crippen molar-refractivity contribution in [3.8, 4) is 16.3 Å². The molecule has 4 heterocycles. The molecule has 1 aliphatic rings. The van der Waals surface area contributed by atoms with Crippen LogP contribution in [0.4, 0.5) is 5.82 Å². The van der Waals surface area contributed by atoms with Crippen LogP contribution >= 0.6 is 11.3 Å². The summed E-state index contributed by atoms with van der Waals surface area (Å²) in [5, 5.41) is 2.06. The molecule has 1 saturated heterocycles. The fraction of sp³-hybridized carbons (Fsp3) is 0.280. The van der Waals surface area contributed by atoms with E-state index in [1.165, 1.54) is 4.88 Å². The molecule has 1 aromatic carbocycles. The zero-order chi connectivity index (χ0) is 22.9. The minimum Gasteiger partial charge on any atom is -0.353 e. The lowest BCUT2D eigenvalue weighted by Gasteiger charge is -2.35. The van der Waals surface area contributed by atoms with E-state index in [9.17, 15) is 4.79 Å². The number of rotatable bonds is 4. The van der Waals surface area contributed by atoms with Gasteiger partial charge in [0.25, 0.3) is 5.91 Å². The molecule has 0 atom stereocenters. The van der Waals surface area contributed by atoms with Gasteiger partial charge in [0.05, 0.1) is 5.69 Å². The lowest BCUT2D eigenvalue weighted by molar-refractivity contribution is 0.0746. The van der Waals surface area contributed by atoms with Crippen molar-refractivity contribution in [3.05, 3.63) is 76.9 Å². The molecule has 1 amide bonds. The molecule has 0 saturated carbocycles. The van der Waals surface area contributed by atoms with E-state index in [0.29, 0.717) is 13.1 Å². The van der Waals surface area contributed by atoms with Gasteiger partial charge in [-0.05, 0) is 49.9 Å². The Morgan fingerprint density at radius 3 is 2.30 bits per heavy atom. The number of thiophene rings is 1. The summed E-state index contributed by atoms with van der Waals surface area (Å²) in [5.41, 5.74) is 3.93. The van der Waals surface area contributed by atoms with Crippen LogP contribution in [0, 0.1) is 20.8 Å². The molecule has 5 rings (SSSR count). The van der Waals surface area contributed by atoms with Gasteiger partial charge in [-0.3, -0.25) is 9.36 Å². The Bertz CT molecular complexity index is 1270. The van der Waals surface area contributed by atoms with Crippen LogP contribution in [0.25, 0.3) is 16.3 Å². The highest BCUT2D eigenvalue weighted by atomic mass is 32.1. The fourth-order valence-corrected chi connectivity index (χ4v) is 4.83. The average molecular weight is 459 g/mol. The minimum atomic E-state index is 0.0800. The molecule has 0 unspecified atom stereocenters. The van der Waals surface area contributed by atoms with Crippen LogP contribution in [0.15, 0.2) is 54.2 Å². The monoisotopic (exact) mass is 458 g/mol. The molecule has 7 nitrogen and oxygen atoms in total. The summed E-state index contributed by atoms with van der Waals surface area (Å²) in [6.45, 7) is 8.73. The van der Waals surface area contributed by atoms with Gasteiger partial charge in [-0.25, -0.2) is 15.0 Å². The SMILES string of the molecule is Cc1nc(N2CCN(C(=O)c3ccc(-c4cccs4)cc3)CC2)cc(-n2cnc(C)c2C)n1. The number of amides is 1. The molecular weight excluding hydrogens is 432 g/mol. The quantitative estimate of drug-likeness (QED) is 0.457. The van der Waals surface area contributed by atoms with Gasteiger partial charge < -0.3 is 9.80 Å². The van der Waals surface area contributed by atoms with Crippen molar-refractivity contribution in [1.29, 1.82) is 0 Å². The first kappa shape index (κ1) is 21.3. The van der Waals surface area contributed by atoms with Crippen molar-refractivity contribution in [1.82, 2.24) is 24.4 Å². The molecule has 1 fully saturated rings. The summed E-state index contributed by atoms with van der Waals surface area (Å²) < 4.78 is 1.99. The van der Waals surface area contributed by atoms with Crippen LogP contribution < -0.4 is 4.90 Å². The van der Waals surface area contributed by atoms with Gasteiger partial charge in [0.1, 0.15) is 23.8 Å². The van der Waals surface area contributed by atoms with E-state index >= 15 is 0 Å². The molecule has 4 aromatic rings. The maximum Gasteiger partial charge on any atom is 0.253 e. The first-order valence-electron chi connectivity index (χ1n) is 11.0. The smallest absolute Gasteiger partial charge is 0.253 e. The summed E-state index contributed by atoms with van der Waals surface area (Å²) in [4.78, 5) is 32.1. The summed E-state index contributed by atoms with van der Waals surface area (Å²) in [7, 11) is 0. The number of carbonyl (C=O) groups is 1. The van der Waals surface area contributed by atoms with Crippen LogP contribution in [-0.2, 0) is 0 Å². The first-order chi connectivity index (χ1) is 16.0. The highest BCUT2D eigenvalue weighted by molar-refractivity contribution is 7.13. The van der Waals surface area contributed by atoms with E-state index in [4.69, 9.17) is 0 Å². The second-order valence-electron chi connectivity index (χ2n) is 8.25. The summed E-state index contributed by atoms with van der Waals surface area (Å²) in [6.07, 6.45) is 1.80. The third-order valence-electron chi connectivity index (χ3n) is 6.14. The molecule has 0 radical (unpaired) electrons. The van der Waals surface area contributed by atoms with E-state index in [1.807, 2.05) is 66.6 Å². The average Bonchev–Trinajstić information content (AvgIpc) is 3.49. The van der Waals surface area contributed by atoms with Crippen LogP contribution in [0.5, 0.6) is 0 Å².